The van der Waals surface area contributed by atoms with Crippen LogP contribution >= 0.6 is 11.6 Å². The predicted molar refractivity (Wildman–Crippen MR) is 102 cm³/mol. The Hall–Kier alpha value is -1.51. The van der Waals surface area contributed by atoms with Gasteiger partial charge in [-0.05, 0) is 49.6 Å². The van der Waals surface area contributed by atoms with Crippen LogP contribution in [-0.2, 0) is 0 Å². The van der Waals surface area contributed by atoms with Crippen molar-refractivity contribution >= 4 is 11.6 Å². The molecule has 0 amide bonds. The molecule has 2 nitrogen and oxygen atoms in total. The number of hydrogen-bond donors (Lipinski definition) is 1. The quantitative estimate of drug-likeness (QED) is 0.651. The Bertz CT molecular complexity index is 623. The van der Waals surface area contributed by atoms with Crippen molar-refractivity contribution in [2.45, 2.75) is 44.6 Å². The highest BCUT2D eigenvalue weighted by Gasteiger charge is 2.12. The molecular weight excluding hydrogens is 318 g/mol. The molecule has 0 saturated heterocycles. The van der Waals surface area contributed by atoms with Gasteiger partial charge in [-0.15, -0.1) is 0 Å². The zero-order valence-electron chi connectivity index (χ0n) is 14.1. The van der Waals surface area contributed by atoms with Crippen molar-refractivity contribution in [2.24, 2.45) is 0 Å². The first-order valence-corrected chi connectivity index (χ1v) is 9.42. The summed E-state index contributed by atoms with van der Waals surface area (Å²) in [6, 6.07) is 16.8. The lowest BCUT2D eigenvalue weighted by Crippen LogP contribution is -2.32. The standard InChI is InChI=1S/C21H26ClNO/c22-18-12-13-21(20(16-18)17-8-3-1-4-9-17)24-15-7-14-23-19-10-5-2-6-11-19/h1,3-4,8-9,12-13,16,19,23H,2,5-7,10-11,14-15H2. The van der Waals surface area contributed by atoms with E-state index in [2.05, 4.69) is 17.4 Å². The predicted octanol–water partition coefficient (Wildman–Crippen LogP) is 5.70. The summed E-state index contributed by atoms with van der Waals surface area (Å²) in [6.45, 7) is 1.75. The molecule has 0 atom stereocenters. The number of rotatable bonds is 7. The van der Waals surface area contributed by atoms with Gasteiger partial charge in [-0.1, -0.05) is 61.2 Å². The van der Waals surface area contributed by atoms with Crippen LogP contribution in [-0.4, -0.2) is 19.2 Å². The second-order valence-electron chi connectivity index (χ2n) is 6.50. The van der Waals surface area contributed by atoms with Gasteiger partial charge < -0.3 is 10.1 Å². The van der Waals surface area contributed by atoms with E-state index >= 15 is 0 Å². The van der Waals surface area contributed by atoms with Crippen molar-refractivity contribution in [2.75, 3.05) is 13.2 Å². The monoisotopic (exact) mass is 343 g/mol. The Labute approximate surface area is 150 Å². The van der Waals surface area contributed by atoms with E-state index in [0.717, 1.165) is 41.5 Å². The summed E-state index contributed by atoms with van der Waals surface area (Å²) >= 11 is 6.17. The van der Waals surface area contributed by atoms with E-state index in [0.29, 0.717) is 6.04 Å². The second kappa shape index (κ2) is 9.10. The molecule has 0 aliphatic heterocycles. The summed E-state index contributed by atoms with van der Waals surface area (Å²) in [7, 11) is 0. The number of nitrogens with one attached hydrogen (secondary N) is 1. The van der Waals surface area contributed by atoms with Gasteiger partial charge in [-0.25, -0.2) is 0 Å². The third-order valence-electron chi connectivity index (χ3n) is 4.64. The third-order valence-corrected chi connectivity index (χ3v) is 4.88. The van der Waals surface area contributed by atoms with Gasteiger partial charge in [0.25, 0.3) is 0 Å². The van der Waals surface area contributed by atoms with Crippen LogP contribution in [0.4, 0.5) is 0 Å². The normalized spacial score (nSPS) is 15.4. The first kappa shape index (κ1) is 17.3. The molecule has 3 heteroatoms. The lowest BCUT2D eigenvalue weighted by atomic mass is 9.95. The zero-order chi connectivity index (χ0) is 16.6. The Morgan fingerprint density at radius 1 is 1.00 bits per heavy atom. The van der Waals surface area contributed by atoms with Gasteiger partial charge in [-0.3, -0.25) is 0 Å². The Morgan fingerprint density at radius 2 is 1.79 bits per heavy atom. The van der Waals surface area contributed by atoms with Crippen LogP contribution in [0.3, 0.4) is 0 Å². The molecule has 0 heterocycles. The third kappa shape index (κ3) is 4.99. The topological polar surface area (TPSA) is 21.3 Å². The minimum absolute atomic E-state index is 0.717. The first-order chi connectivity index (χ1) is 11.8. The maximum Gasteiger partial charge on any atom is 0.127 e. The minimum atomic E-state index is 0.717. The molecule has 1 N–H and O–H groups in total. The van der Waals surface area contributed by atoms with Crippen LogP contribution in [0.5, 0.6) is 5.75 Å². The Morgan fingerprint density at radius 3 is 2.58 bits per heavy atom. The maximum atomic E-state index is 6.17. The molecular formula is C21H26ClNO. The Balaban J connectivity index is 1.51. The summed E-state index contributed by atoms with van der Waals surface area (Å²) in [4.78, 5) is 0. The van der Waals surface area contributed by atoms with Crippen molar-refractivity contribution in [3.05, 3.63) is 53.6 Å². The van der Waals surface area contributed by atoms with Crippen molar-refractivity contribution in [3.63, 3.8) is 0 Å². The summed E-state index contributed by atoms with van der Waals surface area (Å²) < 4.78 is 6.04. The smallest absolute Gasteiger partial charge is 0.127 e. The molecule has 1 fully saturated rings. The molecule has 0 bridgehead atoms. The number of benzene rings is 2. The average Bonchev–Trinajstić information content (AvgIpc) is 2.64. The molecule has 0 unspecified atom stereocenters. The van der Waals surface area contributed by atoms with Crippen molar-refractivity contribution in [1.82, 2.24) is 5.32 Å². The molecule has 1 saturated carbocycles. The van der Waals surface area contributed by atoms with Crippen LogP contribution < -0.4 is 10.1 Å². The van der Waals surface area contributed by atoms with Crippen molar-refractivity contribution in [3.8, 4) is 16.9 Å². The molecule has 0 spiro atoms. The van der Waals surface area contributed by atoms with Crippen molar-refractivity contribution in [1.29, 1.82) is 0 Å². The van der Waals surface area contributed by atoms with E-state index in [1.165, 1.54) is 32.1 Å². The van der Waals surface area contributed by atoms with Gasteiger partial charge in [0.1, 0.15) is 5.75 Å². The maximum absolute atomic E-state index is 6.17. The largest absolute Gasteiger partial charge is 0.493 e. The number of hydrogen-bond acceptors (Lipinski definition) is 2. The van der Waals surface area contributed by atoms with Gasteiger partial charge >= 0.3 is 0 Å². The first-order valence-electron chi connectivity index (χ1n) is 9.04. The fourth-order valence-corrected chi connectivity index (χ4v) is 3.51. The summed E-state index contributed by atoms with van der Waals surface area (Å²) in [5, 5.41) is 4.40. The molecule has 1 aliphatic rings. The van der Waals surface area contributed by atoms with Gasteiger partial charge in [0.2, 0.25) is 0 Å². The van der Waals surface area contributed by atoms with E-state index in [1.807, 2.05) is 36.4 Å². The molecule has 128 valence electrons. The summed E-state index contributed by atoms with van der Waals surface area (Å²) in [5.41, 5.74) is 2.19. The molecule has 0 radical (unpaired) electrons. The van der Waals surface area contributed by atoms with Gasteiger partial charge in [0.15, 0.2) is 0 Å². The van der Waals surface area contributed by atoms with Gasteiger partial charge in [-0.2, -0.15) is 0 Å². The molecule has 0 aromatic heterocycles. The molecule has 2 aromatic carbocycles. The minimum Gasteiger partial charge on any atom is -0.493 e. The van der Waals surface area contributed by atoms with Gasteiger partial charge in [0, 0.05) is 16.6 Å². The summed E-state index contributed by atoms with van der Waals surface area (Å²) in [5.74, 6) is 0.906. The van der Waals surface area contributed by atoms with E-state index in [1.54, 1.807) is 0 Å². The van der Waals surface area contributed by atoms with Crippen LogP contribution in [0.25, 0.3) is 11.1 Å². The van der Waals surface area contributed by atoms with Crippen LogP contribution in [0.1, 0.15) is 38.5 Å². The highest BCUT2D eigenvalue weighted by atomic mass is 35.5. The molecule has 2 aromatic rings. The van der Waals surface area contributed by atoms with Crippen LogP contribution in [0, 0.1) is 0 Å². The van der Waals surface area contributed by atoms with E-state index in [9.17, 15) is 0 Å². The highest BCUT2D eigenvalue weighted by molar-refractivity contribution is 6.31. The average molecular weight is 344 g/mol. The molecule has 24 heavy (non-hydrogen) atoms. The van der Waals surface area contributed by atoms with Crippen LogP contribution in [0.2, 0.25) is 5.02 Å². The zero-order valence-corrected chi connectivity index (χ0v) is 14.9. The van der Waals surface area contributed by atoms with Crippen LogP contribution in [0.15, 0.2) is 48.5 Å². The second-order valence-corrected chi connectivity index (χ2v) is 6.93. The number of halogens is 1. The fraction of sp³-hybridized carbons (Fsp3) is 0.429. The fourth-order valence-electron chi connectivity index (χ4n) is 3.34. The van der Waals surface area contributed by atoms with Crippen molar-refractivity contribution < 1.29 is 4.74 Å². The van der Waals surface area contributed by atoms with E-state index in [4.69, 9.17) is 16.3 Å². The molecule has 1 aliphatic carbocycles. The van der Waals surface area contributed by atoms with E-state index in [-0.39, 0.29) is 0 Å². The number of ether oxygens (including phenoxy) is 1. The van der Waals surface area contributed by atoms with E-state index < -0.39 is 0 Å². The SMILES string of the molecule is Clc1ccc(OCCCNC2CCCCC2)c(-c2ccccc2)c1. The van der Waals surface area contributed by atoms with Gasteiger partial charge in [0.05, 0.1) is 6.61 Å². The Kier molecular flexibility index (Phi) is 6.57. The lowest BCUT2D eigenvalue weighted by molar-refractivity contribution is 0.298. The summed E-state index contributed by atoms with van der Waals surface area (Å²) in [6.07, 6.45) is 7.83. The molecule has 3 rings (SSSR count). The highest BCUT2D eigenvalue weighted by Crippen LogP contribution is 2.32. The lowest BCUT2D eigenvalue weighted by Gasteiger charge is -2.22.